The van der Waals surface area contributed by atoms with E-state index < -0.39 is 68.4 Å². The number of nitrogen functional groups attached to an aromatic ring is 2. The Morgan fingerprint density at radius 2 is 0.987 bits per heavy atom. The highest BCUT2D eigenvalue weighted by Gasteiger charge is 2.55. The molecule has 0 amide bonds. The van der Waals surface area contributed by atoms with Crippen LogP contribution in [0.4, 0.5) is 11.6 Å². The van der Waals surface area contributed by atoms with Gasteiger partial charge in [-0.2, -0.15) is 19.9 Å². The lowest BCUT2D eigenvalue weighted by Gasteiger charge is -2.44. The second kappa shape index (κ2) is 24.4. The number of imidazole rings is 2. The van der Waals surface area contributed by atoms with Gasteiger partial charge < -0.3 is 59.0 Å². The molecule has 0 radical (unpaired) electrons. The molecule has 20 nitrogen and oxygen atoms in total. The zero-order valence-electron chi connectivity index (χ0n) is 49.2. The number of ether oxygens (including phenoxy) is 4. The summed E-state index contributed by atoms with van der Waals surface area (Å²) in [5, 5.41) is 29.6. The third-order valence-electron chi connectivity index (χ3n) is 18.1. The lowest BCUT2D eigenvalue weighted by Crippen LogP contribution is -2.54. The van der Waals surface area contributed by atoms with Gasteiger partial charge in [0.05, 0.1) is 39.1 Å². The number of anilines is 2. The van der Waals surface area contributed by atoms with E-state index in [0.29, 0.717) is 59.8 Å². The number of nitrogens with two attached hydrogens (primary N) is 2. The van der Waals surface area contributed by atoms with Gasteiger partial charge in [0.2, 0.25) is 0 Å². The van der Waals surface area contributed by atoms with Crippen molar-refractivity contribution < 1.29 is 47.5 Å². The number of aliphatic hydroxyl groups excluding tert-OH is 3. The number of rotatable bonds is 18. The van der Waals surface area contributed by atoms with Gasteiger partial charge in [0.25, 0.3) is 0 Å². The number of nitrogens with zero attached hydrogens (tertiary/aromatic N) is 8. The van der Waals surface area contributed by atoms with Crippen molar-refractivity contribution in [1.29, 1.82) is 0 Å². The van der Waals surface area contributed by atoms with Crippen LogP contribution < -0.4 is 20.9 Å². The molecule has 2 saturated heterocycles. The Hall–Kier alpha value is -3.37. The predicted octanol–water partition coefficient (Wildman–Crippen LogP) is 9.83. The van der Waals surface area contributed by atoms with Crippen molar-refractivity contribution in [1.82, 2.24) is 39.0 Å². The summed E-state index contributed by atoms with van der Waals surface area (Å²) in [7, 11) is -6.70. The fraction of sp³-hybridized carbons (Fsp3) is 0.815. The first-order chi connectivity index (χ1) is 35.9. The molecule has 4 fully saturated rings. The zero-order valence-corrected chi connectivity index (χ0v) is 52.2. The lowest BCUT2D eigenvalue weighted by atomic mass is 9.87. The topological polar surface area (TPSA) is 265 Å². The summed E-state index contributed by atoms with van der Waals surface area (Å²) >= 11 is 0. The van der Waals surface area contributed by atoms with Crippen LogP contribution in [0, 0.1) is 11.8 Å². The van der Waals surface area contributed by atoms with Crippen LogP contribution in [0.1, 0.15) is 152 Å². The smallest absolute Gasteiger partial charge is 0.320 e. The second-order valence-electron chi connectivity index (χ2n) is 26.8. The highest BCUT2D eigenvalue weighted by atomic mass is 28.4. The summed E-state index contributed by atoms with van der Waals surface area (Å²) in [5.41, 5.74) is 14.3. The first-order valence-electron chi connectivity index (χ1n) is 28.5. The molecule has 4 aliphatic rings. The minimum atomic E-state index is -2.32. The maximum Gasteiger partial charge on any atom is 0.320 e. The molecule has 2 aliphatic heterocycles. The Kier molecular flexibility index (Phi) is 19.4. The molecule has 434 valence electrons. The average Bonchev–Trinajstić information content (AvgIpc) is 4.21. The summed E-state index contributed by atoms with van der Waals surface area (Å²) < 4.78 is 49.5. The van der Waals surface area contributed by atoms with E-state index in [0.717, 1.165) is 12.8 Å². The van der Waals surface area contributed by atoms with Crippen LogP contribution in [0.3, 0.4) is 0 Å². The van der Waals surface area contributed by atoms with E-state index in [1.165, 1.54) is 75.1 Å². The first kappa shape index (κ1) is 61.3. The Morgan fingerprint density at radius 1 is 0.571 bits per heavy atom. The molecule has 23 heteroatoms. The van der Waals surface area contributed by atoms with E-state index in [1.54, 1.807) is 6.33 Å². The Bertz CT molecular complexity index is 2550. The van der Waals surface area contributed by atoms with Crippen molar-refractivity contribution in [2.45, 2.75) is 243 Å². The maximum absolute atomic E-state index is 10.3. The third-order valence-corrected chi connectivity index (χ3v) is 31.5. The average molecular weight is 1130 g/mol. The standard InChI is InChI=1S/C36H69N5O5Si3.C18H27N5O5/c1-34(2,3)47(10,11)43-23-26-28(45-48(12,13)35(4,5)6)29(46-49(14,15)36(7,8)9)32(44-26)41-24-38-27-30(37)39-33(40-31(27)41)42-22-21-25-19-17-16-18-20-25;19-15-12-16(22-18(21-15)27-7-6-10-4-2-1-3-5-10)23(9-20-12)17-14(26)13(25)11(8-24)28-17/h24-26,28-29,32H,16-23H2,1-15H3,(H2,37,39,40);9-11,13-14,17,24-26H,1-8H2,(H2,19,21,22)/t26-,28-,29-,32-;11-,13-,14-,17-/m11/s1. The van der Waals surface area contributed by atoms with Gasteiger partial charge in [-0.25, -0.2) is 9.97 Å². The highest BCUT2D eigenvalue weighted by molar-refractivity contribution is 6.75. The van der Waals surface area contributed by atoms with Crippen LogP contribution in [-0.4, -0.2) is 142 Å². The molecule has 6 heterocycles. The van der Waals surface area contributed by atoms with Crippen LogP contribution in [-0.2, 0) is 22.8 Å². The SMILES string of the molecule is CC(C)(C)[Si](C)(C)OC[C@H]1O[C@@H](n2cnc3c(N)nc(OCCC4CCCCC4)nc32)[C@H](O[Si](C)(C)C(C)(C)C)[C@@H]1O[Si](C)(C)C(C)(C)C.Nc1nc(OCCC2CCCCC2)nc2c1ncn2[C@@H]1O[C@H](CO)[C@@H](O)[C@H]1O. The molecule has 77 heavy (non-hydrogen) atoms. The van der Waals surface area contributed by atoms with Gasteiger partial charge >= 0.3 is 12.0 Å². The summed E-state index contributed by atoms with van der Waals surface area (Å²) in [6.07, 6.45) is 12.0. The highest BCUT2D eigenvalue weighted by Crippen LogP contribution is 2.47. The van der Waals surface area contributed by atoms with Crippen LogP contribution in [0.15, 0.2) is 12.7 Å². The fourth-order valence-electron chi connectivity index (χ4n) is 9.91. The summed E-state index contributed by atoms with van der Waals surface area (Å²) in [6, 6.07) is 0.420. The summed E-state index contributed by atoms with van der Waals surface area (Å²) in [4.78, 5) is 26.8. The van der Waals surface area contributed by atoms with Crippen LogP contribution >= 0.6 is 0 Å². The largest absolute Gasteiger partial charge is 0.463 e. The second-order valence-corrected chi connectivity index (χ2v) is 41.1. The summed E-state index contributed by atoms with van der Waals surface area (Å²) in [5.74, 6) is 1.84. The Morgan fingerprint density at radius 3 is 1.40 bits per heavy atom. The van der Waals surface area contributed by atoms with Crippen molar-refractivity contribution in [2.75, 3.05) is 37.9 Å². The minimum Gasteiger partial charge on any atom is -0.463 e. The summed E-state index contributed by atoms with van der Waals surface area (Å²) in [6.45, 7) is 35.2. The van der Waals surface area contributed by atoms with Crippen molar-refractivity contribution in [3.05, 3.63) is 12.7 Å². The minimum absolute atomic E-state index is 0.00923. The molecule has 0 bridgehead atoms. The lowest BCUT2D eigenvalue weighted by molar-refractivity contribution is -0.0511. The molecular weight excluding hydrogens is 1030 g/mol. The number of aliphatic hydroxyl groups is 3. The van der Waals surface area contributed by atoms with Crippen molar-refractivity contribution in [2.24, 2.45) is 11.8 Å². The van der Waals surface area contributed by atoms with E-state index in [4.69, 9.17) is 53.7 Å². The number of fused-ring (bicyclic) bond motifs is 2. The molecule has 4 aromatic rings. The van der Waals surface area contributed by atoms with Gasteiger partial charge in [-0.15, -0.1) is 0 Å². The van der Waals surface area contributed by atoms with E-state index >= 15 is 0 Å². The van der Waals surface area contributed by atoms with Gasteiger partial charge in [-0.1, -0.05) is 127 Å². The Labute approximate surface area is 460 Å². The molecule has 4 aromatic heterocycles. The molecule has 7 N–H and O–H groups in total. The van der Waals surface area contributed by atoms with Gasteiger partial charge in [-0.3, -0.25) is 9.13 Å². The van der Waals surface area contributed by atoms with E-state index in [-0.39, 0.29) is 45.2 Å². The van der Waals surface area contributed by atoms with Gasteiger partial charge in [0, 0.05) is 0 Å². The van der Waals surface area contributed by atoms with Gasteiger partial charge in [0.1, 0.15) is 36.6 Å². The normalized spacial score (nSPS) is 25.6. The van der Waals surface area contributed by atoms with Gasteiger partial charge in [0.15, 0.2) is 71.4 Å². The molecule has 0 aromatic carbocycles. The first-order valence-corrected chi connectivity index (χ1v) is 37.2. The third kappa shape index (κ3) is 14.2. The van der Waals surface area contributed by atoms with E-state index in [1.807, 2.05) is 4.57 Å². The predicted molar refractivity (Wildman–Crippen MR) is 307 cm³/mol. The van der Waals surface area contributed by atoms with Gasteiger partial charge in [-0.05, 0) is 79.1 Å². The van der Waals surface area contributed by atoms with Crippen LogP contribution in [0.25, 0.3) is 22.3 Å². The van der Waals surface area contributed by atoms with Crippen molar-refractivity contribution in [3.8, 4) is 12.0 Å². The van der Waals surface area contributed by atoms with E-state index in [2.05, 4.69) is 122 Å². The molecule has 2 saturated carbocycles. The molecular formula is C54H96N10O10Si3. The molecule has 2 aliphatic carbocycles. The Balaban J connectivity index is 0.000000258. The zero-order chi connectivity index (χ0) is 56.5. The van der Waals surface area contributed by atoms with Crippen molar-refractivity contribution >= 4 is 58.9 Å². The number of hydrogen-bond acceptors (Lipinski definition) is 18. The molecule has 0 spiro atoms. The van der Waals surface area contributed by atoms with Crippen molar-refractivity contribution in [3.63, 3.8) is 0 Å². The van der Waals surface area contributed by atoms with E-state index in [9.17, 15) is 15.3 Å². The monoisotopic (exact) mass is 1130 g/mol. The number of aromatic nitrogens is 8. The molecule has 8 rings (SSSR count). The quantitative estimate of drug-likeness (QED) is 0.0580. The molecule has 8 atom stereocenters. The fourth-order valence-corrected chi connectivity index (χ4v) is 13.5. The molecule has 0 unspecified atom stereocenters. The van der Waals surface area contributed by atoms with Crippen LogP contribution in [0.5, 0.6) is 12.0 Å². The number of hydrogen-bond donors (Lipinski definition) is 5. The van der Waals surface area contributed by atoms with Crippen LogP contribution in [0.2, 0.25) is 54.4 Å². The maximum atomic E-state index is 10.3.